The Balaban J connectivity index is 1.12. The van der Waals surface area contributed by atoms with E-state index >= 15 is 0 Å². The van der Waals surface area contributed by atoms with E-state index in [4.69, 9.17) is 16.3 Å². The first kappa shape index (κ1) is 27.6. The molecule has 2 aliphatic heterocycles. The van der Waals surface area contributed by atoms with Gasteiger partial charge in [-0.15, -0.1) is 11.3 Å². The standard InChI is InChI=1S/C31H33ClN6O2S/c1-21-6-4-13-37(17-21)14-5-8-28(39)38-15-11-24-27(18-38)41-31-29(24)30(34-20-35-31)36-22-9-10-26(25(32)16-22)40-19-23-7-2-3-12-33-23/h2-3,5,7-10,12,16,20-21H,4,6,11,13-15,17-19H2,1H3,(H,34,35,36). The average Bonchev–Trinajstić information content (AvgIpc) is 3.36. The van der Waals surface area contributed by atoms with Gasteiger partial charge in [0.1, 0.15) is 29.3 Å². The van der Waals surface area contributed by atoms with E-state index in [9.17, 15) is 4.79 Å². The van der Waals surface area contributed by atoms with Gasteiger partial charge in [-0.25, -0.2) is 9.97 Å². The monoisotopic (exact) mass is 588 g/mol. The summed E-state index contributed by atoms with van der Waals surface area (Å²) >= 11 is 8.18. The molecule has 3 aromatic heterocycles. The van der Waals surface area contributed by atoms with Crippen LogP contribution in [0.3, 0.4) is 0 Å². The number of pyridine rings is 1. The summed E-state index contributed by atoms with van der Waals surface area (Å²) < 4.78 is 5.86. The maximum atomic E-state index is 13.0. The summed E-state index contributed by atoms with van der Waals surface area (Å²) in [5.41, 5.74) is 2.85. The highest BCUT2D eigenvalue weighted by atomic mass is 35.5. The third kappa shape index (κ3) is 6.53. The molecule has 212 valence electrons. The highest BCUT2D eigenvalue weighted by Gasteiger charge is 2.26. The first-order chi connectivity index (χ1) is 20.0. The minimum Gasteiger partial charge on any atom is -0.486 e. The van der Waals surface area contributed by atoms with E-state index in [0.717, 1.165) is 64.3 Å². The fraction of sp³-hybridized carbons (Fsp3) is 0.355. The van der Waals surface area contributed by atoms with E-state index in [-0.39, 0.29) is 5.91 Å². The lowest BCUT2D eigenvalue weighted by molar-refractivity contribution is -0.126. The smallest absolute Gasteiger partial charge is 0.246 e. The van der Waals surface area contributed by atoms with Crippen molar-refractivity contribution in [3.8, 4) is 5.75 Å². The van der Waals surface area contributed by atoms with E-state index in [1.54, 1.807) is 29.9 Å². The summed E-state index contributed by atoms with van der Waals surface area (Å²) in [5, 5.41) is 4.94. The number of anilines is 2. The molecular formula is C31H33ClN6O2S. The van der Waals surface area contributed by atoms with Crippen LogP contribution in [-0.4, -0.2) is 56.8 Å². The second kappa shape index (κ2) is 12.5. The minimum atomic E-state index is 0.0718. The van der Waals surface area contributed by atoms with Gasteiger partial charge in [-0.05, 0) is 67.6 Å². The van der Waals surface area contributed by atoms with Gasteiger partial charge >= 0.3 is 0 Å². The third-order valence-electron chi connectivity index (χ3n) is 7.61. The lowest BCUT2D eigenvalue weighted by Crippen LogP contribution is -2.35. The van der Waals surface area contributed by atoms with Crippen LogP contribution in [0.2, 0.25) is 5.02 Å². The van der Waals surface area contributed by atoms with Crippen molar-refractivity contribution < 1.29 is 9.53 Å². The number of piperidine rings is 1. The molecule has 0 radical (unpaired) electrons. The Morgan fingerprint density at radius 1 is 1.22 bits per heavy atom. The van der Waals surface area contributed by atoms with Crippen molar-refractivity contribution in [2.75, 3.05) is 31.5 Å². The van der Waals surface area contributed by atoms with Crippen LogP contribution in [0.15, 0.2) is 61.1 Å². The molecule has 1 atom stereocenters. The molecule has 4 aromatic rings. The fourth-order valence-corrected chi connectivity index (χ4v) is 6.98. The predicted molar refractivity (Wildman–Crippen MR) is 164 cm³/mol. The molecule has 1 unspecified atom stereocenters. The van der Waals surface area contributed by atoms with Crippen LogP contribution in [0.1, 0.15) is 35.9 Å². The maximum Gasteiger partial charge on any atom is 0.246 e. The molecule has 2 aliphatic rings. The van der Waals surface area contributed by atoms with Gasteiger partial charge in [0, 0.05) is 42.5 Å². The molecule has 0 bridgehead atoms. The molecule has 0 saturated carbocycles. The molecule has 1 N–H and O–H groups in total. The third-order valence-corrected chi connectivity index (χ3v) is 9.03. The van der Waals surface area contributed by atoms with Crippen LogP contribution in [0.4, 0.5) is 11.5 Å². The van der Waals surface area contributed by atoms with Gasteiger partial charge < -0.3 is 15.0 Å². The average molecular weight is 589 g/mol. The molecule has 10 heteroatoms. The summed E-state index contributed by atoms with van der Waals surface area (Å²) in [5.74, 6) is 2.13. The lowest BCUT2D eigenvalue weighted by Gasteiger charge is -2.30. The van der Waals surface area contributed by atoms with Crippen LogP contribution in [0, 0.1) is 5.92 Å². The van der Waals surface area contributed by atoms with Crippen molar-refractivity contribution in [3.05, 3.63) is 82.2 Å². The molecule has 1 fully saturated rings. The summed E-state index contributed by atoms with van der Waals surface area (Å²) in [7, 11) is 0. The van der Waals surface area contributed by atoms with Gasteiger partial charge in [0.15, 0.2) is 0 Å². The van der Waals surface area contributed by atoms with Gasteiger partial charge in [-0.2, -0.15) is 0 Å². The quantitative estimate of drug-likeness (QED) is 0.244. The number of halogens is 1. The van der Waals surface area contributed by atoms with E-state index in [0.29, 0.717) is 30.5 Å². The number of likely N-dealkylation sites (tertiary alicyclic amines) is 1. The topological polar surface area (TPSA) is 83.5 Å². The molecule has 1 aromatic carbocycles. The van der Waals surface area contributed by atoms with Crippen LogP contribution >= 0.6 is 22.9 Å². The number of carbonyl (C=O) groups is 1. The van der Waals surface area contributed by atoms with Gasteiger partial charge in [-0.1, -0.05) is 30.7 Å². The van der Waals surface area contributed by atoms with Crippen molar-refractivity contribution in [1.29, 1.82) is 0 Å². The van der Waals surface area contributed by atoms with Crippen molar-refractivity contribution in [2.45, 2.75) is 39.3 Å². The van der Waals surface area contributed by atoms with Crippen LogP contribution in [0.5, 0.6) is 5.75 Å². The molecule has 1 amide bonds. The van der Waals surface area contributed by atoms with E-state index in [2.05, 4.69) is 32.1 Å². The summed E-state index contributed by atoms with van der Waals surface area (Å²) in [4.78, 5) is 32.8. The number of aromatic nitrogens is 3. The molecule has 41 heavy (non-hydrogen) atoms. The predicted octanol–water partition coefficient (Wildman–Crippen LogP) is 6.24. The zero-order valence-electron chi connectivity index (χ0n) is 23.1. The number of ether oxygens (including phenoxy) is 1. The number of benzene rings is 1. The van der Waals surface area contributed by atoms with E-state index in [1.807, 2.05) is 47.4 Å². The van der Waals surface area contributed by atoms with E-state index in [1.165, 1.54) is 18.4 Å². The number of hydrogen-bond donors (Lipinski definition) is 1. The SMILES string of the molecule is CC1CCCN(CC=CC(=O)N2CCc3c(sc4ncnc(Nc5ccc(OCc6ccccn6)c(Cl)c5)c34)C2)C1. The Bertz CT molecular complexity index is 1560. The number of rotatable bonds is 8. The molecule has 1 saturated heterocycles. The molecular weight excluding hydrogens is 556 g/mol. The number of hydrogen-bond acceptors (Lipinski definition) is 8. The number of nitrogens with one attached hydrogen (secondary N) is 1. The number of nitrogens with zero attached hydrogens (tertiary/aromatic N) is 5. The van der Waals surface area contributed by atoms with Gasteiger partial charge in [-0.3, -0.25) is 14.7 Å². The second-order valence-corrected chi connectivity index (χ2v) is 12.2. The number of fused-ring (bicyclic) bond motifs is 3. The van der Waals surface area contributed by atoms with Crippen molar-refractivity contribution >= 4 is 50.6 Å². The first-order valence-corrected chi connectivity index (χ1v) is 15.3. The number of thiophene rings is 1. The molecule has 8 nitrogen and oxygen atoms in total. The molecule has 6 rings (SSSR count). The zero-order chi connectivity index (χ0) is 28.2. The first-order valence-electron chi connectivity index (χ1n) is 14.1. The largest absolute Gasteiger partial charge is 0.486 e. The second-order valence-electron chi connectivity index (χ2n) is 10.7. The minimum absolute atomic E-state index is 0.0718. The van der Waals surface area contributed by atoms with Gasteiger partial charge in [0.05, 0.1) is 22.6 Å². The Hall–Kier alpha value is -3.53. The van der Waals surface area contributed by atoms with Gasteiger partial charge in [0.2, 0.25) is 5.91 Å². The molecule has 0 aliphatic carbocycles. The molecule has 5 heterocycles. The Kier molecular flexibility index (Phi) is 8.46. The van der Waals surface area contributed by atoms with Crippen molar-refractivity contribution in [3.63, 3.8) is 0 Å². The fourth-order valence-electron chi connectivity index (χ4n) is 5.54. The lowest BCUT2D eigenvalue weighted by atomic mass is 10.0. The zero-order valence-corrected chi connectivity index (χ0v) is 24.6. The summed E-state index contributed by atoms with van der Waals surface area (Å²) in [6.07, 6.45) is 10.4. The normalized spacial score (nSPS) is 17.6. The summed E-state index contributed by atoms with van der Waals surface area (Å²) in [6, 6.07) is 11.3. The Morgan fingerprint density at radius 3 is 2.98 bits per heavy atom. The van der Waals surface area contributed by atoms with Gasteiger partial charge in [0.25, 0.3) is 0 Å². The Labute approximate surface area is 249 Å². The van der Waals surface area contributed by atoms with Crippen molar-refractivity contribution in [2.24, 2.45) is 5.92 Å². The molecule has 0 spiro atoms. The highest BCUT2D eigenvalue weighted by molar-refractivity contribution is 7.19. The van der Waals surface area contributed by atoms with Crippen LogP contribution in [0.25, 0.3) is 10.2 Å². The number of carbonyl (C=O) groups excluding carboxylic acids is 1. The van der Waals surface area contributed by atoms with Crippen LogP contribution in [-0.2, 0) is 24.4 Å². The Morgan fingerprint density at radius 2 is 2.15 bits per heavy atom. The highest BCUT2D eigenvalue weighted by Crippen LogP contribution is 2.39. The maximum absolute atomic E-state index is 13.0. The number of amides is 1. The van der Waals surface area contributed by atoms with E-state index < -0.39 is 0 Å². The van der Waals surface area contributed by atoms with Crippen molar-refractivity contribution in [1.82, 2.24) is 24.8 Å². The summed E-state index contributed by atoms with van der Waals surface area (Å²) in [6.45, 7) is 6.97. The van der Waals surface area contributed by atoms with Crippen LogP contribution < -0.4 is 10.1 Å².